The normalized spacial score (nSPS) is 15.5. The van der Waals surface area contributed by atoms with E-state index in [1.54, 1.807) is 20.8 Å². The number of hydrogen-bond donors (Lipinski definition) is 1. The van der Waals surface area contributed by atoms with Crippen LogP contribution in [-0.4, -0.2) is 30.1 Å². The van der Waals surface area contributed by atoms with E-state index in [0.29, 0.717) is 6.42 Å². The highest BCUT2D eigenvalue weighted by Gasteiger charge is 2.30. The highest BCUT2D eigenvalue weighted by atomic mass is 32.2. The highest BCUT2D eigenvalue weighted by molar-refractivity contribution is 7.92. The smallest absolute Gasteiger partial charge is 0.157 e. The van der Waals surface area contributed by atoms with Crippen molar-refractivity contribution in [3.05, 3.63) is 0 Å². The molecule has 0 fully saturated rings. The minimum absolute atomic E-state index is 0.115. The van der Waals surface area contributed by atoms with Gasteiger partial charge in [0.25, 0.3) is 0 Å². The first-order valence-corrected chi connectivity index (χ1v) is 6.76. The average Bonchev–Trinajstić information content (AvgIpc) is 1.97. The molecular weight excluding hydrogens is 200 g/mol. The van der Waals surface area contributed by atoms with Gasteiger partial charge in [0.05, 0.1) is 16.6 Å². The Hall–Kier alpha value is -0.0900. The summed E-state index contributed by atoms with van der Waals surface area (Å²) in [7, 11) is -3.18. The van der Waals surface area contributed by atoms with E-state index in [1.165, 1.54) is 0 Å². The SMILES string of the molecule is CCCCC(O)CS(=O)(=O)C(C)(C)C. The van der Waals surface area contributed by atoms with Crippen molar-refractivity contribution in [2.75, 3.05) is 5.75 Å². The van der Waals surface area contributed by atoms with Gasteiger partial charge < -0.3 is 5.11 Å². The van der Waals surface area contributed by atoms with Crippen LogP contribution in [0, 0.1) is 0 Å². The van der Waals surface area contributed by atoms with Crippen LogP contribution in [0.5, 0.6) is 0 Å². The molecule has 14 heavy (non-hydrogen) atoms. The number of hydrogen-bond acceptors (Lipinski definition) is 3. The van der Waals surface area contributed by atoms with E-state index < -0.39 is 20.7 Å². The first-order valence-electron chi connectivity index (χ1n) is 5.11. The summed E-state index contributed by atoms with van der Waals surface area (Å²) in [6, 6.07) is 0. The Bertz CT molecular complexity index is 249. The molecule has 86 valence electrons. The van der Waals surface area contributed by atoms with Gasteiger partial charge in [-0.1, -0.05) is 19.8 Å². The second kappa shape index (κ2) is 5.12. The van der Waals surface area contributed by atoms with Crippen molar-refractivity contribution >= 4 is 9.84 Å². The zero-order valence-corrected chi connectivity index (χ0v) is 10.4. The zero-order valence-electron chi connectivity index (χ0n) is 9.58. The summed E-state index contributed by atoms with van der Waals surface area (Å²) in [4.78, 5) is 0. The van der Waals surface area contributed by atoms with Crippen LogP contribution in [0.25, 0.3) is 0 Å². The molecule has 4 heteroatoms. The molecule has 0 heterocycles. The average molecular weight is 222 g/mol. The van der Waals surface area contributed by atoms with Gasteiger partial charge in [-0.2, -0.15) is 0 Å². The Balaban J connectivity index is 4.24. The molecule has 0 rings (SSSR count). The fraction of sp³-hybridized carbons (Fsp3) is 1.00. The second-order valence-electron chi connectivity index (χ2n) is 4.69. The largest absolute Gasteiger partial charge is 0.392 e. The second-order valence-corrected chi connectivity index (χ2v) is 7.48. The zero-order chi connectivity index (χ0) is 11.4. The molecule has 0 aliphatic carbocycles. The molecule has 0 amide bonds. The van der Waals surface area contributed by atoms with Crippen LogP contribution in [-0.2, 0) is 9.84 Å². The maximum atomic E-state index is 11.7. The van der Waals surface area contributed by atoms with Crippen LogP contribution in [0.1, 0.15) is 47.0 Å². The third-order valence-corrected chi connectivity index (χ3v) is 4.93. The minimum Gasteiger partial charge on any atom is -0.392 e. The van der Waals surface area contributed by atoms with Gasteiger partial charge >= 0.3 is 0 Å². The summed E-state index contributed by atoms with van der Waals surface area (Å²) in [6.07, 6.45) is 1.72. The maximum Gasteiger partial charge on any atom is 0.157 e. The van der Waals surface area contributed by atoms with Gasteiger partial charge in [-0.25, -0.2) is 8.42 Å². The molecule has 0 aromatic heterocycles. The molecule has 0 saturated heterocycles. The predicted molar refractivity (Wildman–Crippen MR) is 59.1 cm³/mol. The van der Waals surface area contributed by atoms with Gasteiger partial charge in [-0.15, -0.1) is 0 Å². The lowest BCUT2D eigenvalue weighted by molar-refractivity contribution is 0.183. The lowest BCUT2D eigenvalue weighted by Gasteiger charge is -2.21. The van der Waals surface area contributed by atoms with Crippen molar-refractivity contribution < 1.29 is 13.5 Å². The van der Waals surface area contributed by atoms with E-state index in [0.717, 1.165) is 12.8 Å². The monoisotopic (exact) mass is 222 g/mol. The Morgan fingerprint density at radius 1 is 1.29 bits per heavy atom. The van der Waals surface area contributed by atoms with Crippen LogP contribution >= 0.6 is 0 Å². The molecule has 0 saturated carbocycles. The third kappa shape index (κ3) is 4.42. The lowest BCUT2D eigenvalue weighted by Crippen LogP contribution is -2.35. The van der Waals surface area contributed by atoms with Crippen molar-refractivity contribution in [2.24, 2.45) is 0 Å². The first kappa shape index (κ1) is 13.9. The van der Waals surface area contributed by atoms with E-state index in [2.05, 4.69) is 0 Å². The minimum atomic E-state index is -3.18. The van der Waals surface area contributed by atoms with E-state index in [-0.39, 0.29) is 5.75 Å². The number of aliphatic hydroxyl groups excluding tert-OH is 1. The van der Waals surface area contributed by atoms with Crippen LogP contribution < -0.4 is 0 Å². The number of aliphatic hydroxyl groups is 1. The molecule has 1 unspecified atom stereocenters. The van der Waals surface area contributed by atoms with E-state index in [1.807, 2.05) is 6.92 Å². The fourth-order valence-corrected chi connectivity index (χ4v) is 2.20. The Labute approximate surface area is 87.4 Å². The summed E-state index contributed by atoms with van der Waals surface area (Å²) in [5.41, 5.74) is 0. The molecule has 0 radical (unpaired) electrons. The third-order valence-electron chi connectivity index (χ3n) is 2.24. The lowest BCUT2D eigenvalue weighted by atomic mass is 10.2. The van der Waals surface area contributed by atoms with Crippen LogP contribution in [0.3, 0.4) is 0 Å². The summed E-state index contributed by atoms with van der Waals surface area (Å²) >= 11 is 0. The summed E-state index contributed by atoms with van der Waals surface area (Å²) in [5.74, 6) is -0.115. The topological polar surface area (TPSA) is 54.4 Å². The Kier molecular flexibility index (Phi) is 5.09. The first-order chi connectivity index (χ1) is 6.20. The molecular formula is C10H22O3S. The van der Waals surface area contributed by atoms with Gasteiger partial charge in [0.2, 0.25) is 0 Å². The standard InChI is InChI=1S/C10H22O3S/c1-5-6-7-9(11)8-14(12,13)10(2,3)4/h9,11H,5-8H2,1-4H3. The van der Waals surface area contributed by atoms with Crippen molar-refractivity contribution in [1.29, 1.82) is 0 Å². The van der Waals surface area contributed by atoms with Crippen molar-refractivity contribution in [3.8, 4) is 0 Å². The molecule has 0 spiro atoms. The van der Waals surface area contributed by atoms with Gasteiger partial charge in [-0.3, -0.25) is 0 Å². The van der Waals surface area contributed by atoms with E-state index in [9.17, 15) is 13.5 Å². The Morgan fingerprint density at radius 3 is 2.14 bits per heavy atom. The number of unbranched alkanes of at least 4 members (excludes halogenated alkanes) is 1. The molecule has 1 N–H and O–H groups in total. The fourth-order valence-electron chi connectivity index (χ4n) is 1.03. The summed E-state index contributed by atoms with van der Waals surface area (Å²) < 4.78 is 22.6. The molecule has 0 aromatic rings. The molecule has 3 nitrogen and oxygen atoms in total. The van der Waals surface area contributed by atoms with Crippen molar-refractivity contribution in [1.82, 2.24) is 0 Å². The number of rotatable bonds is 5. The van der Waals surface area contributed by atoms with Gasteiger partial charge in [0, 0.05) is 0 Å². The van der Waals surface area contributed by atoms with Crippen LogP contribution in [0.15, 0.2) is 0 Å². The number of sulfone groups is 1. The molecule has 1 atom stereocenters. The van der Waals surface area contributed by atoms with Crippen LogP contribution in [0.2, 0.25) is 0 Å². The van der Waals surface area contributed by atoms with Gasteiger partial charge in [0.1, 0.15) is 0 Å². The van der Waals surface area contributed by atoms with E-state index >= 15 is 0 Å². The van der Waals surface area contributed by atoms with Gasteiger partial charge in [0.15, 0.2) is 9.84 Å². The maximum absolute atomic E-state index is 11.7. The molecule has 0 aliphatic rings. The quantitative estimate of drug-likeness (QED) is 0.771. The Morgan fingerprint density at radius 2 is 1.79 bits per heavy atom. The molecule has 0 aliphatic heterocycles. The summed E-state index contributed by atoms with van der Waals surface area (Å²) in [5, 5.41) is 9.50. The molecule has 0 bridgehead atoms. The van der Waals surface area contributed by atoms with Crippen LogP contribution in [0.4, 0.5) is 0 Å². The summed E-state index contributed by atoms with van der Waals surface area (Å²) in [6.45, 7) is 7.00. The van der Waals surface area contributed by atoms with Gasteiger partial charge in [-0.05, 0) is 27.2 Å². The predicted octanol–water partition coefficient (Wildman–Crippen LogP) is 1.75. The van der Waals surface area contributed by atoms with Crippen molar-refractivity contribution in [2.45, 2.75) is 57.8 Å². The van der Waals surface area contributed by atoms with Crippen molar-refractivity contribution in [3.63, 3.8) is 0 Å². The van der Waals surface area contributed by atoms with E-state index in [4.69, 9.17) is 0 Å². The molecule has 0 aromatic carbocycles. The highest BCUT2D eigenvalue weighted by Crippen LogP contribution is 2.18.